The first-order chi connectivity index (χ1) is 10.2. The van der Waals surface area contributed by atoms with Crippen LogP contribution in [0.3, 0.4) is 0 Å². The number of likely N-dealkylation sites (tertiary alicyclic amines) is 1. The van der Waals surface area contributed by atoms with Gasteiger partial charge in [0.25, 0.3) is 0 Å². The zero-order valence-corrected chi connectivity index (χ0v) is 13.2. The summed E-state index contributed by atoms with van der Waals surface area (Å²) in [5.41, 5.74) is 7.10. The van der Waals surface area contributed by atoms with Crippen LogP contribution in [0.1, 0.15) is 31.7 Å². The first-order valence-electron chi connectivity index (χ1n) is 7.73. The largest absolute Gasteiger partial charge is 0.486 e. The molecular weight excluding hydrogens is 288 g/mol. The lowest BCUT2D eigenvalue weighted by molar-refractivity contribution is 0.0889. The fourth-order valence-corrected chi connectivity index (χ4v) is 3.63. The highest BCUT2D eigenvalue weighted by atomic mass is 35.5. The van der Waals surface area contributed by atoms with E-state index in [0.717, 1.165) is 17.9 Å². The van der Waals surface area contributed by atoms with Gasteiger partial charge in [0.2, 0.25) is 0 Å². The molecule has 2 heterocycles. The zero-order valence-electron chi connectivity index (χ0n) is 12.5. The van der Waals surface area contributed by atoms with Crippen LogP contribution < -0.4 is 15.2 Å². The van der Waals surface area contributed by atoms with E-state index in [0.29, 0.717) is 42.6 Å². The second-order valence-electron chi connectivity index (χ2n) is 5.94. The number of piperidine rings is 1. The van der Waals surface area contributed by atoms with Crippen molar-refractivity contribution in [1.29, 1.82) is 0 Å². The number of ether oxygens (including phenoxy) is 2. The van der Waals surface area contributed by atoms with E-state index in [1.165, 1.54) is 19.3 Å². The van der Waals surface area contributed by atoms with Gasteiger partial charge >= 0.3 is 0 Å². The molecule has 2 aliphatic rings. The number of nitrogens with zero attached hydrogens (tertiary/aromatic N) is 1. The maximum atomic E-state index is 6.32. The van der Waals surface area contributed by atoms with E-state index in [-0.39, 0.29) is 0 Å². The lowest BCUT2D eigenvalue weighted by atomic mass is 9.95. The second-order valence-corrected chi connectivity index (χ2v) is 6.35. The van der Waals surface area contributed by atoms with Gasteiger partial charge in [0.05, 0.1) is 5.02 Å². The number of halogens is 1. The van der Waals surface area contributed by atoms with Gasteiger partial charge in [0, 0.05) is 25.2 Å². The van der Waals surface area contributed by atoms with E-state index in [1.807, 2.05) is 6.07 Å². The van der Waals surface area contributed by atoms with Crippen molar-refractivity contribution in [2.45, 2.75) is 44.8 Å². The lowest BCUT2D eigenvalue weighted by Gasteiger charge is -2.40. The highest BCUT2D eigenvalue weighted by molar-refractivity contribution is 6.32. The molecule has 2 aliphatic heterocycles. The molecule has 1 saturated heterocycles. The average molecular weight is 311 g/mol. The normalized spacial score (nSPS) is 25.9. The summed E-state index contributed by atoms with van der Waals surface area (Å²) in [7, 11) is 0. The number of hydrogen-bond acceptors (Lipinski definition) is 4. The summed E-state index contributed by atoms with van der Waals surface area (Å²) >= 11 is 6.32. The molecule has 3 rings (SSSR count). The first-order valence-corrected chi connectivity index (χ1v) is 8.10. The highest BCUT2D eigenvalue weighted by Gasteiger charge is 2.27. The molecule has 1 aromatic carbocycles. The van der Waals surface area contributed by atoms with Gasteiger partial charge in [-0.1, -0.05) is 18.0 Å². The summed E-state index contributed by atoms with van der Waals surface area (Å²) in [6.07, 6.45) is 3.68. The van der Waals surface area contributed by atoms with Gasteiger partial charge in [-0.2, -0.15) is 0 Å². The summed E-state index contributed by atoms with van der Waals surface area (Å²) < 4.78 is 11.2. The Hall–Kier alpha value is -0.970. The molecule has 0 aromatic heterocycles. The van der Waals surface area contributed by atoms with E-state index in [1.54, 1.807) is 0 Å². The lowest BCUT2D eigenvalue weighted by Crippen LogP contribution is -2.48. The predicted molar refractivity (Wildman–Crippen MR) is 84.1 cm³/mol. The van der Waals surface area contributed by atoms with Crippen molar-refractivity contribution < 1.29 is 9.47 Å². The van der Waals surface area contributed by atoms with Gasteiger partial charge in [-0.25, -0.2) is 0 Å². The van der Waals surface area contributed by atoms with Gasteiger partial charge in [-0.3, -0.25) is 4.90 Å². The Bertz CT molecular complexity index is 509. The first kappa shape index (κ1) is 14.9. The topological polar surface area (TPSA) is 47.7 Å². The third-order valence-electron chi connectivity index (χ3n) is 4.49. The molecule has 0 spiro atoms. The second kappa shape index (κ2) is 6.42. The van der Waals surface area contributed by atoms with E-state index in [2.05, 4.69) is 17.9 Å². The van der Waals surface area contributed by atoms with Gasteiger partial charge in [-0.15, -0.1) is 0 Å². The molecule has 1 aromatic rings. The van der Waals surface area contributed by atoms with Crippen LogP contribution in [0.2, 0.25) is 5.02 Å². The smallest absolute Gasteiger partial charge is 0.179 e. The molecule has 4 nitrogen and oxygen atoms in total. The highest BCUT2D eigenvalue weighted by Crippen LogP contribution is 2.39. The average Bonchev–Trinajstić information content (AvgIpc) is 2.49. The van der Waals surface area contributed by atoms with Crippen LogP contribution in [0.4, 0.5) is 0 Å². The molecule has 2 N–H and O–H groups in total. The van der Waals surface area contributed by atoms with E-state index < -0.39 is 0 Å². The van der Waals surface area contributed by atoms with Gasteiger partial charge in [0.1, 0.15) is 13.2 Å². The van der Waals surface area contributed by atoms with Crippen LogP contribution in [-0.4, -0.2) is 36.7 Å². The zero-order chi connectivity index (χ0) is 14.8. The molecule has 2 atom stereocenters. The molecule has 116 valence electrons. The van der Waals surface area contributed by atoms with Crippen LogP contribution in [0.15, 0.2) is 12.1 Å². The van der Waals surface area contributed by atoms with Crippen LogP contribution in [0, 0.1) is 0 Å². The summed E-state index contributed by atoms with van der Waals surface area (Å²) in [6, 6.07) is 5.05. The maximum Gasteiger partial charge on any atom is 0.179 e. The van der Waals surface area contributed by atoms with Gasteiger partial charge < -0.3 is 15.2 Å². The fraction of sp³-hybridized carbons (Fsp3) is 0.625. The van der Waals surface area contributed by atoms with E-state index in [9.17, 15) is 0 Å². The summed E-state index contributed by atoms with van der Waals surface area (Å²) in [5.74, 6) is 1.44. The summed E-state index contributed by atoms with van der Waals surface area (Å²) in [6.45, 7) is 4.99. The van der Waals surface area contributed by atoms with E-state index in [4.69, 9.17) is 26.8 Å². The van der Waals surface area contributed by atoms with Crippen LogP contribution in [0.25, 0.3) is 0 Å². The Morgan fingerprint density at radius 1 is 1.29 bits per heavy atom. The number of fused-ring (bicyclic) bond motifs is 1. The summed E-state index contributed by atoms with van der Waals surface area (Å²) in [5, 5.41) is 0.635. The van der Waals surface area contributed by atoms with Crippen molar-refractivity contribution in [1.82, 2.24) is 4.90 Å². The number of benzene rings is 1. The molecule has 0 saturated carbocycles. The molecule has 5 heteroatoms. The molecule has 21 heavy (non-hydrogen) atoms. The maximum absolute atomic E-state index is 6.32. The van der Waals surface area contributed by atoms with Crippen LogP contribution in [-0.2, 0) is 6.54 Å². The van der Waals surface area contributed by atoms with Crippen molar-refractivity contribution >= 4 is 11.6 Å². The quantitative estimate of drug-likeness (QED) is 0.932. The fourth-order valence-electron chi connectivity index (χ4n) is 3.34. The van der Waals surface area contributed by atoms with Crippen molar-refractivity contribution in [2.75, 3.05) is 19.8 Å². The minimum absolute atomic E-state index is 0.459. The number of nitrogens with two attached hydrogens (primary N) is 1. The third-order valence-corrected chi connectivity index (χ3v) is 4.77. The van der Waals surface area contributed by atoms with Gasteiger partial charge in [0.15, 0.2) is 11.5 Å². The number of hydrogen-bond donors (Lipinski definition) is 1. The third kappa shape index (κ3) is 3.12. The molecular formula is C16H23ClN2O2. The minimum Gasteiger partial charge on any atom is -0.486 e. The monoisotopic (exact) mass is 310 g/mol. The Balaban J connectivity index is 1.82. The molecule has 2 unspecified atom stereocenters. The Kier molecular flexibility index (Phi) is 4.57. The van der Waals surface area contributed by atoms with Crippen LogP contribution >= 0.6 is 11.6 Å². The van der Waals surface area contributed by atoms with Crippen molar-refractivity contribution in [2.24, 2.45) is 5.73 Å². The molecule has 1 fully saturated rings. The minimum atomic E-state index is 0.459. The van der Waals surface area contributed by atoms with Crippen molar-refractivity contribution in [3.8, 4) is 11.5 Å². The molecule has 0 amide bonds. The predicted octanol–water partition coefficient (Wildman–Crippen LogP) is 2.81. The van der Waals surface area contributed by atoms with E-state index >= 15 is 0 Å². The molecule has 0 aliphatic carbocycles. The SMILES string of the molecule is CC1CCCC(CN)N1Cc1cc(Cl)c2c(c1)OCCO2. The Labute approximate surface area is 131 Å². The molecule has 0 radical (unpaired) electrons. The van der Waals surface area contributed by atoms with Crippen molar-refractivity contribution in [3.05, 3.63) is 22.7 Å². The Morgan fingerprint density at radius 3 is 2.90 bits per heavy atom. The van der Waals surface area contributed by atoms with Gasteiger partial charge in [-0.05, 0) is 37.5 Å². The standard InChI is InChI=1S/C16H23ClN2O2/c1-11-3-2-4-13(9-18)19(11)10-12-7-14(17)16-15(8-12)20-5-6-21-16/h7-8,11,13H,2-6,9-10,18H2,1H3. The van der Waals surface area contributed by atoms with Crippen molar-refractivity contribution in [3.63, 3.8) is 0 Å². The van der Waals surface area contributed by atoms with Crippen LogP contribution in [0.5, 0.6) is 11.5 Å². The Morgan fingerprint density at radius 2 is 2.10 bits per heavy atom. The summed E-state index contributed by atoms with van der Waals surface area (Å²) in [4.78, 5) is 2.49. The molecule has 0 bridgehead atoms. The number of rotatable bonds is 3.